The van der Waals surface area contributed by atoms with Crippen LogP contribution < -0.4 is 18.9 Å². The zero-order chi connectivity index (χ0) is 22.1. The fourth-order valence-corrected chi connectivity index (χ4v) is 3.94. The third kappa shape index (κ3) is 3.67. The van der Waals surface area contributed by atoms with Crippen molar-refractivity contribution in [1.82, 2.24) is 9.88 Å². The number of Topliss-reactive ketones (excluding diaryl/α,β-unsaturated/α-hetero) is 1. The first-order valence-corrected chi connectivity index (χ1v) is 10.2. The van der Waals surface area contributed by atoms with Crippen LogP contribution in [0.5, 0.6) is 23.0 Å². The number of ether oxygens (including phenoxy) is 4. The molecule has 0 atom stereocenters. The van der Waals surface area contributed by atoms with E-state index in [2.05, 4.69) is 9.88 Å². The largest absolute Gasteiger partial charge is 0.493 e. The van der Waals surface area contributed by atoms with Crippen molar-refractivity contribution < 1.29 is 23.7 Å². The SMILES string of the molecule is COc1ccc(CN2COc3ccc4c(c3C2)O/C(=C\c2ccccn2)C4=O)cc1OC. The number of benzene rings is 2. The number of fused-ring (bicyclic) bond motifs is 3. The van der Waals surface area contributed by atoms with E-state index in [0.29, 0.717) is 48.3 Å². The topological polar surface area (TPSA) is 70.1 Å². The number of carbonyl (C=O) groups is 1. The summed E-state index contributed by atoms with van der Waals surface area (Å²) in [7, 11) is 3.24. The van der Waals surface area contributed by atoms with Crippen LogP contribution in [0, 0.1) is 0 Å². The Bertz CT molecular complexity index is 1210. The standard InChI is InChI=1S/C25H22N2O5/c1-29-21-8-6-16(11-22(21)30-2)13-27-14-19-20(31-15-27)9-7-18-24(28)23(32-25(18)19)12-17-5-3-4-10-26-17/h3-12H,13-15H2,1-2H3/b23-12-. The van der Waals surface area contributed by atoms with Gasteiger partial charge in [-0.15, -0.1) is 0 Å². The van der Waals surface area contributed by atoms with Crippen LogP contribution in [-0.2, 0) is 13.1 Å². The molecule has 0 saturated heterocycles. The summed E-state index contributed by atoms with van der Waals surface area (Å²) in [6, 6.07) is 15.0. The van der Waals surface area contributed by atoms with E-state index in [-0.39, 0.29) is 11.5 Å². The highest BCUT2D eigenvalue weighted by Gasteiger charge is 2.33. The van der Waals surface area contributed by atoms with Gasteiger partial charge in [-0.3, -0.25) is 14.7 Å². The molecule has 5 rings (SSSR count). The Labute approximate surface area is 185 Å². The van der Waals surface area contributed by atoms with Crippen LogP contribution in [-0.4, -0.2) is 36.6 Å². The van der Waals surface area contributed by atoms with Crippen molar-refractivity contribution in [3.63, 3.8) is 0 Å². The Morgan fingerprint density at radius 3 is 2.75 bits per heavy atom. The van der Waals surface area contributed by atoms with Gasteiger partial charge in [0.25, 0.3) is 0 Å². The van der Waals surface area contributed by atoms with E-state index in [9.17, 15) is 4.79 Å². The van der Waals surface area contributed by atoms with Gasteiger partial charge in [-0.25, -0.2) is 0 Å². The summed E-state index contributed by atoms with van der Waals surface area (Å²) in [6.45, 7) is 1.68. The number of carbonyl (C=O) groups excluding carboxylic acids is 1. The van der Waals surface area contributed by atoms with Crippen LogP contribution in [0.1, 0.15) is 27.2 Å². The molecule has 2 aromatic carbocycles. The smallest absolute Gasteiger partial charge is 0.232 e. The molecule has 7 heteroatoms. The summed E-state index contributed by atoms with van der Waals surface area (Å²) in [5.41, 5.74) is 3.15. The second-order valence-electron chi connectivity index (χ2n) is 7.56. The molecular weight excluding hydrogens is 408 g/mol. The van der Waals surface area contributed by atoms with E-state index in [1.54, 1.807) is 32.6 Å². The second kappa shape index (κ2) is 8.36. The highest BCUT2D eigenvalue weighted by molar-refractivity contribution is 6.14. The molecule has 3 heterocycles. The molecule has 0 unspecified atom stereocenters. The van der Waals surface area contributed by atoms with E-state index in [0.717, 1.165) is 16.9 Å². The van der Waals surface area contributed by atoms with Gasteiger partial charge in [0.2, 0.25) is 5.78 Å². The normalized spacial score (nSPS) is 16.2. The van der Waals surface area contributed by atoms with Gasteiger partial charge in [-0.2, -0.15) is 0 Å². The summed E-state index contributed by atoms with van der Waals surface area (Å²) >= 11 is 0. The molecule has 7 nitrogen and oxygen atoms in total. The van der Waals surface area contributed by atoms with Gasteiger partial charge < -0.3 is 18.9 Å². The lowest BCUT2D eigenvalue weighted by Crippen LogP contribution is -2.31. The molecule has 3 aromatic rings. The molecule has 32 heavy (non-hydrogen) atoms. The molecule has 2 aliphatic rings. The van der Waals surface area contributed by atoms with Gasteiger partial charge in [0.1, 0.15) is 18.2 Å². The van der Waals surface area contributed by atoms with Crippen molar-refractivity contribution in [1.29, 1.82) is 0 Å². The predicted molar refractivity (Wildman–Crippen MR) is 118 cm³/mol. The molecule has 0 N–H and O–H groups in total. The minimum atomic E-state index is -0.148. The number of rotatable bonds is 5. The summed E-state index contributed by atoms with van der Waals surface area (Å²) in [6.07, 6.45) is 3.35. The minimum absolute atomic E-state index is 0.148. The fourth-order valence-electron chi connectivity index (χ4n) is 3.94. The third-order valence-electron chi connectivity index (χ3n) is 5.50. The van der Waals surface area contributed by atoms with Gasteiger partial charge in [0.15, 0.2) is 17.3 Å². The van der Waals surface area contributed by atoms with Gasteiger partial charge in [0, 0.05) is 25.4 Å². The predicted octanol–water partition coefficient (Wildman–Crippen LogP) is 4.07. The van der Waals surface area contributed by atoms with Crippen LogP contribution in [0.4, 0.5) is 0 Å². The van der Waals surface area contributed by atoms with Gasteiger partial charge in [-0.05, 0) is 42.0 Å². The minimum Gasteiger partial charge on any atom is -0.493 e. The van der Waals surface area contributed by atoms with Crippen LogP contribution in [0.3, 0.4) is 0 Å². The molecule has 162 valence electrons. The van der Waals surface area contributed by atoms with Crippen molar-refractivity contribution in [2.24, 2.45) is 0 Å². The summed E-state index contributed by atoms with van der Waals surface area (Å²) in [5, 5.41) is 0. The lowest BCUT2D eigenvalue weighted by molar-refractivity contribution is 0.0872. The fraction of sp³-hybridized carbons (Fsp3) is 0.200. The maximum Gasteiger partial charge on any atom is 0.232 e. The number of allylic oxidation sites excluding steroid dienone is 1. The Balaban J connectivity index is 1.39. The van der Waals surface area contributed by atoms with Crippen LogP contribution in [0.25, 0.3) is 6.08 Å². The van der Waals surface area contributed by atoms with Gasteiger partial charge in [0.05, 0.1) is 31.0 Å². The summed E-state index contributed by atoms with van der Waals surface area (Å²) in [4.78, 5) is 19.3. The molecular formula is C25H22N2O5. The van der Waals surface area contributed by atoms with Crippen molar-refractivity contribution in [2.45, 2.75) is 13.1 Å². The maximum atomic E-state index is 12.9. The first-order valence-electron chi connectivity index (χ1n) is 10.2. The second-order valence-corrected chi connectivity index (χ2v) is 7.56. The Morgan fingerprint density at radius 2 is 1.97 bits per heavy atom. The summed E-state index contributed by atoms with van der Waals surface area (Å²) in [5.74, 6) is 2.79. The van der Waals surface area contributed by atoms with Crippen molar-refractivity contribution in [2.75, 3.05) is 21.0 Å². The first kappa shape index (κ1) is 20.1. The number of hydrogen-bond donors (Lipinski definition) is 0. The molecule has 0 saturated carbocycles. The summed E-state index contributed by atoms with van der Waals surface area (Å²) < 4.78 is 22.7. The van der Waals surface area contributed by atoms with Crippen LogP contribution in [0.15, 0.2) is 60.5 Å². The molecule has 0 bridgehead atoms. The quantitative estimate of drug-likeness (QED) is 0.565. The lowest BCUT2D eigenvalue weighted by atomic mass is 10.0. The van der Waals surface area contributed by atoms with E-state index in [4.69, 9.17) is 18.9 Å². The molecule has 2 aliphatic heterocycles. The average Bonchev–Trinajstić information content (AvgIpc) is 3.15. The number of nitrogens with zero attached hydrogens (tertiary/aromatic N) is 2. The number of aromatic nitrogens is 1. The number of methoxy groups -OCH3 is 2. The maximum absolute atomic E-state index is 12.9. The molecule has 0 aliphatic carbocycles. The number of hydrogen-bond acceptors (Lipinski definition) is 7. The molecule has 0 spiro atoms. The monoisotopic (exact) mass is 430 g/mol. The Kier molecular flexibility index (Phi) is 5.25. The van der Waals surface area contributed by atoms with Crippen molar-refractivity contribution in [3.05, 3.63) is 82.9 Å². The van der Waals surface area contributed by atoms with E-state index in [1.165, 1.54) is 0 Å². The highest BCUT2D eigenvalue weighted by atomic mass is 16.5. The molecule has 0 amide bonds. The zero-order valence-corrected chi connectivity index (χ0v) is 17.8. The average molecular weight is 430 g/mol. The highest BCUT2D eigenvalue weighted by Crippen LogP contribution is 2.42. The Morgan fingerprint density at radius 1 is 1.09 bits per heavy atom. The van der Waals surface area contributed by atoms with Crippen molar-refractivity contribution in [3.8, 4) is 23.0 Å². The van der Waals surface area contributed by atoms with E-state index >= 15 is 0 Å². The van der Waals surface area contributed by atoms with Gasteiger partial charge >= 0.3 is 0 Å². The molecule has 1 aromatic heterocycles. The van der Waals surface area contributed by atoms with Crippen LogP contribution in [0.2, 0.25) is 0 Å². The Hall–Kier alpha value is -3.84. The van der Waals surface area contributed by atoms with E-state index < -0.39 is 0 Å². The molecule has 0 radical (unpaired) electrons. The van der Waals surface area contributed by atoms with Gasteiger partial charge in [-0.1, -0.05) is 12.1 Å². The first-order chi connectivity index (χ1) is 15.7. The lowest BCUT2D eigenvalue weighted by Gasteiger charge is -2.29. The molecule has 0 fully saturated rings. The number of pyridine rings is 1. The zero-order valence-electron chi connectivity index (χ0n) is 17.8. The number of ketones is 1. The third-order valence-corrected chi connectivity index (χ3v) is 5.50. The van der Waals surface area contributed by atoms with Crippen molar-refractivity contribution >= 4 is 11.9 Å². The van der Waals surface area contributed by atoms with E-state index in [1.807, 2.05) is 42.5 Å². The van der Waals surface area contributed by atoms with Crippen LogP contribution >= 0.6 is 0 Å².